The summed E-state index contributed by atoms with van der Waals surface area (Å²) in [5.74, 6) is 0.488. The van der Waals surface area contributed by atoms with Gasteiger partial charge < -0.3 is 15.1 Å². The van der Waals surface area contributed by atoms with E-state index in [0.717, 1.165) is 31.6 Å². The van der Waals surface area contributed by atoms with Crippen molar-refractivity contribution in [3.8, 4) is 0 Å². The minimum atomic E-state index is -0.257. The van der Waals surface area contributed by atoms with Gasteiger partial charge in [0.15, 0.2) is 0 Å². The van der Waals surface area contributed by atoms with E-state index in [-0.39, 0.29) is 11.8 Å². The molecule has 11 heteroatoms. The van der Waals surface area contributed by atoms with Gasteiger partial charge in [0.1, 0.15) is 5.03 Å². The fourth-order valence-corrected chi connectivity index (χ4v) is 6.06. The molecule has 3 aromatic rings. The molecule has 0 atom stereocenters. The molecular weight excluding hydrogens is 531 g/mol. The lowest BCUT2D eigenvalue weighted by Gasteiger charge is -2.35. The number of hydrogen-bond acceptors (Lipinski definition) is 7. The Morgan fingerprint density at radius 3 is 2.41 bits per heavy atom. The monoisotopic (exact) mass is 556 g/mol. The number of thioether (sulfide) groups is 1. The van der Waals surface area contributed by atoms with E-state index in [0.29, 0.717) is 49.8 Å². The van der Waals surface area contributed by atoms with Crippen LogP contribution in [0.2, 0.25) is 10.0 Å². The van der Waals surface area contributed by atoms with Gasteiger partial charge in [-0.2, -0.15) is 0 Å². The summed E-state index contributed by atoms with van der Waals surface area (Å²) < 4.78 is 0. The zero-order chi connectivity index (χ0) is 26.1. The van der Waals surface area contributed by atoms with Crippen LogP contribution in [0.5, 0.6) is 0 Å². The standard InChI is InChI=1S/C26H26Cl2N6O2S/c1-32(2)18-10-12-33(13-11-18)24(35)16-6-8-17(9-7-16)30-26-29-14-19-23(31-26)37-15-34(25(19)36)22-20(27)4-3-5-21(22)28/h3-9,14,18H,10-13,15H2,1-2H3,(H,29,30,31). The van der Waals surface area contributed by atoms with E-state index in [1.54, 1.807) is 18.2 Å². The Bertz CT molecular complexity index is 1310. The van der Waals surface area contributed by atoms with Crippen molar-refractivity contribution in [1.29, 1.82) is 0 Å². The third-order valence-corrected chi connectivity index (χ3v) is 8.22. The molecule has 2 amide bonds. The number of para-hydroxylation sites is 1. The van der Waals surface area contributed by atoms with Crippen LogP contribution in [0.1, 0.15) is 33.6 Å². The van der Waals surface area contributed by atoms with Crippen molar-refractivity contribution in [2.24, 2.45) is 0 Å². The zero-order valence-electron chi connectivity index (χ0n) is 20.4. The van der Waals surface area contributed by atoms with Gasteiger partial charge in [-0.3, -0.25) is 14.5 Å². The van der Waals surface area contributed by atoms with Crippen LogP contribution >= 0.6 is 35.0 Å². The predicted molar refractivity (Wildman–Crippen MR) is 148 cm³/mol. The molecule has 5 rings (SSSR count). The van der Waals surface area contributed by atoms with E-state index in [4.69, 9.17) is 23.2 Å². The van der Waals surface area contributed by atoms with Gasteiger partial charge in [-0.1, -0.05) is 41.0 Å². The van der Waals surface area contributed by atoms with E-state index in [1.807, 2.05) is 29.2 Å². The third-order valence-electron chi connectivity index (χ3n) is 6.64. The molecule has 8 nitrogen and oxygen atoms in total. The number of carbonyl (C=O) groups excluding carboxylic acids is 2. The topological polar surface area (TPSA) is 81.7 Å². The number of piperidine rings is 1. The van der Waals surface area contributed by atoms with Gasteiger partial charge in [-0.05, 0) is 63.3 Å². The second kappa shape index (κ2) is 10.9. The van der Waals surface area contributed by atoms with Gasteiger partial charge in [0.05, 0.1) is 27.2 Å². The Morgan fingerprint density at radius 1 is 1.08 bits per heavy atom. The van der Waals surface area contributed by atoms with Crippen molar-refractivity contribution in [3.63, 3.8) is 0 Å². The Balaban J connectivity index is 1.25. The van der Waals surface area contributed by atoms with Crippen LogP contribution in [0.15, 0.2) is 53.7 Å². The highest BCUT2D eigenvalue weighted by Gasteiger charge is 2.30. The minimum absolute atomic E-state index is 0.0480. The molecule has 0 radical (unpaired) electrons. The number of hydrogen-bond donors (Lipinski definition) is 1. The fraction of sp³-hybridized carbons (Fsp3) is 0.308. The van der Waals surface area contributed by atoms with Gasteiger partial charge in [-0.25, -0.2) is 9.97 Å². The van der Waals surface area contributed by atoms with Gasteiger partial charge >= 0.3 is 0 Å². The number of halogens is 2. The maximum absolute atomic E-state index is 13.1. The summed E-state index contributed by atoms with van der Waals surface area (Å²) in [7, 11) is 4.17. The van der Waals surface area contributed by atoms with Crippen LogP contribution in [-0.2, 0) is 0 Å². The van der Waals surface area contributed by atoms with Crippen molar-refractivity contribution in [2.45, 2.75) is 23.9 Å². The summed E-state index contributed by atoms with van der Waals surface area (Å²) >= 11 is 14.0. The van der Waals surface area contributed by atoms with Crippen LogP contribution in [0.25, 0.3) is 0 Å². The molecule has 2 aliphatic heterocycles. The van der Waals surface area contributed by atoms with Crippen molar-refractivity contribution in [1.82, 2.24) is 19.8 Å². The number of amides is 2. The summed E-state index contributed by atoms with van der Waals surface area (Å²) in [5.41, 5.74) is 2.27. The molecule has 0 saturated carbocycles. The maximum Gasteiger partial charge on any atom is 0.263 e. The average Bonchev–Trinajstić information content (AvgIpc) is 2.90. The van der Waals surface area contributed by atoms with Gasteiger partial charge in [0.2, 0.25) is 5.95 Å². The molecule has 192 valence electrons. The largest absolute Gasteiger partial charge is 0.339 e. The number of aromatic nitrogens is 2. The first kappa shape index (κ1) is 25.8. The van der Waals surface area contributed by atoms with Gasteiger partial charge in [0, 0.05) is 36.6 Å². The molecular formula is C26H26Cl2N6O2S. The summed E-state index contributed by atoms with van der Waals surface area (Å²) in [5, 5.41) is 4.55. The number of anilines is 3. The van der Waals surface area contributed by atoms with Crippen molar-refractivity contribution >= 4 is 64.1 Å². The molecule has 0 aliphatic carbocycles. The Hall–Kier alpha value is -2.85. The number of nitrogens with one attached hydrogen (secondary N) is 1. The van der Waals surface area contributed by atoms with Crippen LogP contribution in [-0.4, -0.2) is 70.7 Å². The molecule has 1 aromatic heterocycles. The van der Waals surface area contributed by atoms with Crippen molar-refractivity contribution in [3.05, 3.63) is 69.8 Å². The lowest BCUT2D eigenvalue weighted by atomic mass is 10.0. The summed E-state index contributed by atoms with van der Waals surface area (Å²) in [6.07, 6.45) is 3.47. The van der Waals surface area contributed by atoms with Crippen LogP contribution in [0.3, 0.4) is 0 Å². The average molecular weight is 558 g/mol. The highest BCUT2D eigenvalue weighted by Crippen LogP contribution is 2.39. The van der Waals surface area contributed by atoms with Crippen LogP contribution in [0.4, 0.5) is 17.3 Å². The maximum atomic E-state index is 13.1. The molecule has 2 aromatic carbocycles. The van der Waals surface area contributed by atoms with Crippen molar-refractivity contribution < 1.29 is 9.59 Å². The van der Waals surface area contributed by atoms with E-state index >= 15 is 0 Å². The third kappa shape index (κ3) is 5.40. The number of fused-ring (bicyclic) bond motifs is 1. The molecule has 0 bridgehead atoms. The first-order valence-corrected chi connectivity index (χ1v) is 13.6. The lowest BCUT2D eigenvalue weighted by molar-refractivity contribution is 0.0663. The summed E-state index contributed by atoms with van der Waals surface area (Å²) in [4.78, 5) is 40.6. The molecule has 0 unspecified atom stereocenters. The normalized spacial score (nSPS) is 16.2. The molecule has 3 heterocycles. The van der Waals surface area contributed by atoms with Crippen molar-refractivity contribution in [2.75, 3.05) is 43.3 Å². The molecule has 0 spiro atoms. The second-order valence-electron chi connectivity index (χ2n) is 9.18. The van der Waals surface area contributed by atoms with E-state index in [2.05, 4.69) is 34.3 Å². The highest BCUT2D eigenvalue weighted by molar-refractivity contribution is 7.99. The van der Waals surface area contributed by atoms with E-state index in [1.165, 1.54) is 22.9 Å². The number of likely N-dealkylation sites (tertiary alicyclic amines) is 1. The number of carbonyl (C=O) groups is 2. The smallest absolute Gasteiger partial charge is 0.263 e. The molecule has 1 N–H and O–H groups in total. The summed E-state index contributed by atoms with van der Waals surface area (Å²) in [6.45, 7) is 1.53. The Kier molecular flexibility index (Phi) is 7.57. The van der Waals surface area contributed by atoms with Crippen LogP contribution in [0, 0.1) is 0 Å². The number of rotatable bonds is 5. The first-order chi connectivity index (χ1) is 17.8. The molecule has 1 saturated heterocycles. The van der Waals surface area contributed by atoms with Gasteiger partial charge in [-0.15, -0.1) is 0 Å². The lowest BCUT2D eigenvalue weighted by Crippen LogP contribution is -2.44. The first-order valence-electron chi connectivity index (χ1n) is 11.9. The SMILES string of the molecule is CN(C)C1CCN(C(=O)c2ccc(Nc3ncc4c(n3)SCN(c3c(Cl)cccc3Cl)C4=O)cc2)CC1. The molecule has 37 heavy (non-hydrogen) atoms. The number of nitrogens with zero attached hydrogens (tertiary/aromatic N) is 5. The predicted octanol–water partition coefficient (Wildman–Crippen LogP) is 5.40. The van der Waals surface area contributed by atoms with Crippen LogP contribution < -0.4 is 10.2 Å². The fourth-order valence-electron chi connectivity index (χ4n) is 4.52. The zero-order valence-corrected chi connectivity index (χ0v) is 22.8. The Morgan fingerprint density at radius 2 is 1.76 bits per heavy atom. The highest BCUT2D eigenvalue weighted by atomic mass is 35.5. The summed E-state index contributed by atoms with van der Waals surface area (Å²) in [6, 6.07) is 13.0. The van der Waals surface area contributed by atoms with E-state index < -0.39 is 0 Å². The van der Waals surface area contributed by atoms with Gasteiger partial charge in [0.25, 0.3) is 11.8 Å². The molecule has 1 fully saturated rings. The quantitative estimate of drug-likeness (QED) is 0.421. The Labute approximate surface area is 230 Å². The van der Waals surface area contributed by atoms with E-state index in [9.17, 15) is 9.59 Å². The minimum Gasteiger partial charge on any atom is -0.339 e. The second-order valence-corrected chi connectivity index (χ2v) is 10.9. The number of benzene rings is 2. The molecule has 2 aliphatic rings.